The molecule has 130 valence electrons. The van der Waals surface area contributed by atoms with E-state index < -0.39 is 6.10 Å². The number of nitrogens with zero attached hydrogens (tertiary/aromatic N) is 1. The number of benzene rings is 1. The lowest BCUT2D eigenvalue weighted by atomic mass is 9.69. The second-order valence-corrected chi connectivity index (χ2v) is 8.27. The first-order valence-electron chi connectivity index (χ1n) is 8.65. The number of aliphatic hydroxyl groups excluding tert-OH is 1. The number of halogens is 1. The molecule has 0 saturated carbocycles. The Morgan fingerprint density at radius 1 is 1.42 bits per heavy atom. The Labute approximate surface area is 151 Å². The molecular formula is C19H24BrNO3. The summed E-state index contributed by atoms with van der Waals surface area (Å²) in [5.74, 6) is 1.68. The molecule has 1 N–H and O–H groups in total. The van der Waals surface area contributed by atoms with E-state index >= 15 is 0 Å². The number of alkyl halides is 1. The van der Waals surface area contributed by atoms with E-state index in [1.165, 1.54) is 11.1 Å². The van der Waals surface area contributed by atoms with Crippen LogP contribution in [0.2, 0.25) is 0 Å². The zero-order chi connectivity index (χ0) is 17.1. The van der Waals surface area contributed by atoms with Gasteiger partial charge in [0.2, 0.25) is 0 Å². The van der Waals surface area contributed by atoms with Gasteiger partial charge in [0.15, 0.2) is 11.5 Å². The summed E-state index contributed by atoms with van der Waals surface area (Å²) >= 11 is 3.85. The van der Waals surface area contributed by atoms with Crippen LogP contribution in [-0.4, -0.2) is 41.9 Å². The van der Waals surface area contributed by atoms with Gasteiger partial charge in [-0.3, -0.25) is 4.90 Å². The normalized spacial score (nSPS) is 34.5. The van der Waals surface area contributed by atoms with E-state index in [1.54, 1.807) is 0 Å². The second kappa shape index (κ2) is 5.75. The minimum absolute atomic E-state index is 0.0330. The van der Waals surface area contributed by atoms with Gasteiger partial charge in [-0.05, 0) is 38.9 Å². The van der Waals surface area contributed by atoms with Crippen LogP contribution in [0.15, 0.2) is 24.3 Å². The first kappa shape index (κ1) is 16.4. The SMILES string of the molecule is CC(C)Oc1ccc2c3c1O[C@H]1C[C@@H](O)C=C[C@@]31CCN(C)C2Br. The molecule has 0 amide bonds. The van der Waals surface area contributed by atoms with E-state index in [2.05, 4.69) is 40.0 Å². The molecule has 0 aromatic heterocycles. The molecule has 2 heterocycles. The van der Waals surface area contributed by atoms with E-state index in [0.717, 1.165) is 24.5 Å². The molecule has 0 saturated heterocycles. The number of hydrogen-bond acceptors (Lipinski definition) is 4. The van der Waals surface area contributed by atoms with Gasteiger partial charge in [0, 0.05) is 18.5 Å². The van der Waals surface area contributed by atoms with E-state index in [0.29, 0.717) is 6.42 Å². The maximum absolute atomic E-state index is 10.1. The summed E-state index contributed by atoms with van der Waals surface area (Å²) in [6.45, 7) is 5.02. The summed E-state index contributed by atoms with van der Waals surface area (Å²) in [6, 6.07) is 4.18. The molecule has 5 heteroatoms. The molecule has 4 atom stereocenters. The Hall–Kier alpha value is -1.04. The van der Waals surface area contributed by atoms with Crippen LogP contribution in [0, 0.1) is 0 Å². The molecule has 0 bridgehead atoms. The van der Waals surface area contributed by atoms with Crippen molar-refractivity contribution in [1.29, 1.82) is 0 Å². The molecule has 4 nitrogen and oxygen atoms in total. The van der Waals surface area contributed by atoms with Gasteiger partial charge < -0.3 is 14.6 Å². The lowest BCUT2D eigenvalue weighted by Crippen LogP contribution is -2.42. The number of rotatable bonds is 2. The lowest BCUT2D eigenvalue weighted by Gasteiger charge is -2.35. The Kier molecular flexibility index (Phi) is 3.94. The zero-order valence-electron chi connectivity index (χ0n) is 14.3. The summed E-state index contributed by atoms with van der Waals surface area (Å²) in [5, 5.41) is 10.1. The smallest absolute Gasteiger partial charge is 0.166 e. The van der Waals surface area contributed by atoms with E-state index in [-0.39, 0.29) is 22.6 Å². The standard InChI is InChI=1S/C19H24BrNO3/c1-11(2)23-14-5-4-13-16-17(14)24-15-10-12(22)6-7-19(15,16)8-9-21(3)18(13)20/h4-7,11-12,15,18,22H,8-10H2,1-3H3/t12-,15-,18?,19-/m0/s1. The van der Waals surface area contributed by atoms with Gasteiger partial charge in [0.05, 0.1) is 22.6 Å². The third-order valence-corrected chi connectivity index (χ3v) is 6.60. The molecule has 2 aliphatic heterocycles. The maximum Gasteiger partial charge on any atom is 0.166 e. The molecule has 24 heavy (non-hydrogen) atoms. The quantitative estimate of drug-likeness (QED) is 0.474. The van der Waals surface area contributed by atoms with Crippen molar-refractivity contribution in [2.45, 2.75) is 55.4 Å². The topological polar surface area (TPSA) is 41.9 Å². The first-order valence-corrected chi connectivity index (χ1v) is 9.56. The molecule has 1 aromatic carbocycles. The van der Waals surface area contributed by atoms with Crippen molar-refractivity contribution >= 4 is 15.9 Å². The van der Waals surface area contributed by atoms with Crippen LogP contribution < -0.4 is 9.47 Å². The highest BCUT2D eigenvalue weighted by molar-refractivity contribution is 9.09. The molecule has 0 radical (unpaired) electrons. The largest absolute Gasteiger partial charge is 0.487 e. The van der Waals surface area contributed by atoms with Crippen molar-refractivity contribution < 1.29 is 14.6 Å². The molecule has 0 fully saturated rings. The molecule has 1 aromatic rings. The van der Waals surface area contributed by atoms with Crippen LogP contribution in [0.1, 0.15) is 42.8 Å². The van der Waals surface area contributed by atoms with E-state index in [9.17, 15) is 5.11 Å². The van der Waals surface area contributed by atoms with Crippen molar-refractivity contribution in [2.75, 3.05) is 13.6 Å². The Morgan fingerprint density at radius 2 is 2.21 bits per heavy atom. The van der Waals surface area contributed by atoms with Crippen molar-refractivity contribution in [3.8, 4) is 11.5 Å². The van der Waals surface area contributed by atoms with Crippen LogP contribution in [0.5, 0.6) is 11.5 Å². The minimum atomic E-state index is -0.436. The predicted molar refractivity (Wildman–Crippen MR) is 97.0 cm³/mol. The third-order valence-electron chi connectivity index (χ3n) is 5.41. The molecule has 1 aliphatic carbocycles. The lowest BCUT2D eigenvalue weighted by molar-refractivity contribution is 0.0808. The van der Waals surface area contributed by atoms with Crippen LogP contribution in [0.25, 0.3) is 0 Å². The van der Waals surface area contributed by atoms with Gasteiger partial charge in [0.1, 0.15) is 6.10 Å². The van der Waals surface area contributed by atoms with Gasteiger partial charge >= 0.3 is 0 Å². The summed E-state index contributed by atoms with van der Waals surface area (Å²) < 4.78 is 12.4. The predicted octanol–water partition coefficient (Wildman–Crippen LogP) is 3.52. The fourth-order valence-electron chi connectivity index (χ4n) is 4.24. The molecule has 1 spiro atoms. The fraction of sp³-hybridized carbons (Fsp3) is 0.579. The highest BCUT2D eigenvalue weighted by Crippen LogP contribution is 2.57. The number of aliphatic hydroxyl groups is 1. The Bertz CT molecular complexity index is 689. The summed E-state index contributed by atoms with van der Waals surface area (Å²) in [7, 11) is 2.14. The van der Waals surface area contributed by atoms with Crippen LogP contribution in [0.4, 0.5) is 0 Å². The van der Waals surface area contributed by atoms with Crippen LogP contribution in [0.3, 0.4) is 0 Å². The number of hydrogen-bond donors (Lipinski definition) is 1. The Balaban J connectivity index is 1.93. The zero-order valence-corrected chi connectivity index (χ0v) is 15.9. The first-order chi connectivity index (χ1) is 11.4. The van der Waals surface area contributed by atoms with E-state index in [4.69, 9.17) is 9.47 Å². The van der Waals surface area contributed by atoms with Crippen molar-refractivity contribution in [2.24, 2.45) is 0 Å². The minimum Gasteiger partial charge on any atom is -0.487 e. The molecule has 3 aliphatic rings. The van der Waals surface area contributed by atoms with Gasteiger partial charge in [-0.2, -0.15) is 0 Å². The van der Waals surface area contributed by atoms with Gasteiger partial charge in [-0.15, -0.1) is 0 Å². The summed E-state index contributed by atoms with van der Waals surface area (Å²) in [5.41, 5.74) is 2.31. The van der Waals surface area contributed by atoms with Crippen molar-refractivity contribution in [1.82, 2.24) is 4.90 Å². The Morgan fingerprint density at radius 3 is 2.96 bits per heavy atom. The van der Waals surface area contributed by atoms with E-state index in [1.807, 2.05) is 26.0 Å². The van der Waals surface area contributed by atoms with Crippen molar-refractivity contribution in [3.63, 3.8) is 0 Å². The molecule has 1 unspecified atom stereocenters. The van der Waals surface area contributed by atoms with Crippen LogP contribution in [-0.2, 0) is 5.41 Å². The molecule has 4 rings (SSSR count). The van der Waals surface area contributed by atoms with Crippen LogP contribution >= 0.6 is 15.9 Å². The average molecular weight is 394 g/mol. The highest BCUT2D eigenvalue weighted by atomic mass is 79.9. The highest BCUT2D eigenvalue weighted by Gasteiger charge is 2.53. The second-order valence-electron chi connectivity index (χ2n) is 7.40. The third kappa shape index (κ3) is 2.32. The van der Waals surface area contributed by atoms with Gasteiger partial charge in [-0.25, -0.2) is 0 Å². The monoisotopic (exact) mass is 393 g/mol. The maximum atomic E-state index is 10.1. The van der Waals surface area contributed by atoms with Gasteiger partial charge in [0.25, 0.3) is 0 Å². The molecular weight excluding hydrogens is 370 g/mol. The number of ether oxygens (including phenoxy) is 2. The average Bonchev–Trinajstić information content (AvgIpc) is 2.82. The van der Waals surface area contributed by atoms with Gasteiger partial charge in [-0.1, -0.05) is 34.1 Å². The van der Waals surface area contributed by atoms with Crippen molar-refractivity contribution in [3.05, 3.63) is 35.4 Å². The fourth-order valence-corrected chi connectivity index (χ4v) is 4.83. The summed E-state index contributed by atoms with van der Waals surface area (Å²) in [6.07, 6.45) is 5.34. The summed E-state index contributed by atoms with van der Waals surface area (Å²) in [4.78, 5) is 2.48.